The van der Waals surface area contributed by atoms with Gasteiger partial charge in [-0.2, -0.15) is 0 Å². The van der Waals surface area contributed by atoms with Gasteiger partial charge in [0.1, 0.15) is 5.82 Å². The van der Waals surface area contributed by atoms with Crippen molar-refractivity contribution in [2.75, 3.05) is 37.7 Å². The maximum atomic E-state index is 13.0. The van der Waals surface area contributed by atoms with Crippen LogP contribution in [-0.2, 0) is 4.79 Å². The van der Waals surface area contributed by atoms with Crippen molar-refractivity contribution >= 4 is 11.6 Å². The fourth-order valence-electron chi connectivity index (χ4n) is 3.05. The highest BCUT2D eigenvalue weighted by Gasteiger charge is 2.22. The molecule has 144 valence electrons. The molecular weight excluding hydrogens is 363 g/mol. The maximum absolute atomic E-state index is 13.0. The van der Waals surface area contributed by atoms with Crippen LogP contribution in [0.3, 0.4) is 0 Å². The van der Waals surface area contributed by atoms with Gasteiger partial charge < -0.3 is 19.0 Å². The molecule has 1 saturated heterocycles. The Kier molecular flexibility index (Phi) is 5.18. The van der Waals surface area contributed by atoms with Crippen molar-refractivity contribution in [2.24, 2.45) is 0 Å². The molecule has 0 spiro atoms. The summed E-state index contributed by atoms with van der Waals surface area (Å²) in [5.41, 5.74) is 1.73. The van der Waals surface area contributed by atoms with Gasteiger partial charge in [0.05, 0.1) is 0 Å². The number of ether oxygens (including phenoxy) is 1. The topological polar surface area (TPSA) is 71.7 Å². The average Bonchev–Trinajstić information content (AvgIpc) is 3.22. The van der Waals surface area contributed by atoms with Gasteiger partial charge in [-0.25, -0.2) is 4.39 Å². The predicted molar refractivity (Wildman–Crippen MR) is 100 cm³/mol. The fraction of sp³-hybridized carbons (Fsp3) is 0.250. The van der Waals surface area contributed by atoms with E-state index < -0.39 is 0 Å². The normalized spacial score (nSPS) is 14.2. The second kappa shape index (κ2) is 8.08. The molecule has 0 bridgehead atoms. The van der Waals surface area contributed by atoms with E-state index in [-0.39, 0.29) is 24.4 Å². The second-order valence-corrected chi connectivity index (χ2v) is 6.37. The third-order valence-electron chi connectivity index (χ3n) is 4.57. The van der Waals surface area contributed by atoms with Gasteiger partial charge in [0.2, 0.25) is 0 Å². The molecule has 0 N–H and O–H groups in total. The maximum Gasteiger partial charge on any atom is 0.415 e. The van der Waals surface area contributed by atoms with Gasteiger partial charge in [-0.1, -0.05) is 23.3 Å². The third kappa shape index (κ3) is 4.11. The lowest BCUT2D eigenvalue weighted by Crippen LogP contribution is -2.50. The first kappa shape index (κ1) is 18.0. The van der Waals surface area contributed by atoms with Crippen molar-refractivity contribution in [2.45, 2.75) is 0 Å². The van der Waals surface area contributed by atoms with E-state index in [2.05, 4.69) is 15.1 Å². The van der Waals surface area contributed by atoms with Crippen molar-refractivity contribution in [3.8, 4) is 17.5 Å². The van der Waals surface area contributed by atoms with Crippen molar-refractivity contribution in [1.29, 1.82) is 0 Å². The molecule has 8 heteroatoms. The van der Waals surface area contributed by atoms with Crippen LogP contribution < -0.4 is 9.64 Å². The van der Waals surface area contributed by atoms with Crippen LogP contribution in [0.15, 0.2) is 59.0 Å². The molecule has 0 aliphatic carbocycles. The number of amides is 1. The first-order chi connectivity index (χ1) is 13.7. The molecule has 0 unspecified atom stereocenters. The van der Waals surface area contributed by atoms with Gasteiger partial charge in [0, 0.05) is 37.4 Å². The monoisotopic (exact) mass is 382 g/mol. The molecule has 1 fully saturated rings. The number of rotatable bonds is 5. The number of benzene rings is 2. The zero-order valence-electron chi connectivity index (χ0n) is 15.1. The Hall–Kier alpha value is -3.42. The Balaban J connectivity index is 1.27. The summed E-state index contributed by atoms with van der Waals surface area (Å²) < 4.78 is 23.8. The minimum absolute atomic E-state index is 0.0304. The molecular formula is C20H19FN4O3. The van der Waals surface area contributed by atoms with Crippen molar-refractivity contribution in [1.82, 2.24) is 15.1 Å². The number of halogens is 1. The molecule has 7 nitrogen and oxygen atoms in total. The quantitative estimate of drug-likeness (QED) is 0.676. The van der Waals surface area contributed by atoms with Gasteiger partial charge in [-0.15, -0.1) is 5.10 Å². The first-order valence-corrected chi connectivity index (χ1v) is 8.99. The van der Waals surface area contributed by atoms with Crippen LogP contribution in [0.4, 0.5) is 10.1 Å². The number of carbonyl (C=O) groups excluding carboxylic acids is 1. The molecule has 2 heterocycles. The molecule has 1 amide bonds. The highest BCUT2D eigenvalue weighted by molar-refractivity contribution is 5.78. The highest BCUT2D eigenvalue weighted by Crippen LogP contribution is 2.20. The van der Waals surface area contributed by atoms with E-state index in [1.165, 1.54) is 12.1 Å². The minimum atomic E-state index is -0.258. The van der Waals surface area contributed by atoms with Crippen molar-refractivity contribution in [3.05, 3.63) is 60.4 Å². The van der Waals surface area contributed by atoms with E-state index in [0.29, 0.717) is 32.1 Å². The molecule has 0 atom stereocenters. The van der Waals surface area contributed by atoms with E-state index in [9.17, 15) is 9.18 Å². The van der Waals surface area contributed by atoms with Crippen LogP contribution in [0, 0.1) is 5.82 Å². The summed E-state index contributed by atoms with van der Waals surface area (Å²) >= 11 is 0. The Morgan fingerprint density at radius 1 is 1.00 bits per heavy atom. The molecule has 3 aromatic rings. The molecule has 2 aromatic carbocycles. The SMILES string of the molecule is O=C(COc1nnc(-c2ccccc2)o1)N1CCN(c2ccc(F)cc2)CC1. The smallest absolute Gasteiger partial charge is 0.415 e. The summed E-state index contributed by atoms with van der Waals surface area (Å²) in [5.74, 6) is -0.0552. The summed E-state index contributed by atoms with van der Waals surface area (Å²) in [6, 6.07) is 15.7. The molecule has 1 aliphatic rings. The lowest BCUT2D eigenvalue weighted by molar-refractivity contribution is -0.134. The van der Waals surface area contributed by atoms with Gasteiger partial charge in [-0.3, -0.25) is 4.79 Å². The molecule has 0 saturated carbocycles. The summed E-state index contributed by atoms with van der Waals surface area (Å²) in [5, 5.41) is 7.75. The van der Waals surface area contributed by atoms with E-state index in [0.717, 1.165) is 11.3 Å². The summed E-state index contributed by atoms with van der Waals surface area (Å²) in [4.78, 5) is 16.2. The number of carbonyl (C=O) groups is 1. The average molecular weight is 382 g/mol. The molecule has 1 aromatic heterocycles. The van der Waals surface area contributed by atoms with Crippen LogP contribution in [0.5, 0.6) is 6.08 Å². The van der Waals surface area contributed by atoms with Crippen LogP contribution in [0.25, 0.3) is 11.5 Å². The summed E-state index contributed by atoms with van der Waals surface area (Å²) in [6.07, 6.45) is -0.0304. The molecule has 28 heavy (non-hydrogen) atoms. The number of anilines is 1. The van der Waals surface area contributed by atoms with Gasteiger partial charge in [-0.05, 0) is 36.4 Å². The van der Waals surface area contributed by atoms with Crippen molar-refractivity contribution in [3.63, 3.8) is 0 Å². The molecule has 1 aliphatic heterocycles. The zero-order chi connectivity index (χ0) is 19.3. The first-order valence-electron chi connectivity index (χ1n) is 8.99. The summed E-state index contributed by atoms with van der Waals surface area (Å²) in [7, 11) is 0. The van der Waals surface area contributed by atoms with Crippen LogP contribution in [0.1, 0.15) is 0 Å². The van der Waals surface area contributed by atoms with Gasteiger partial charge >= 0.3 is 6.08 Å². The Morgan fingerprint density at radius 2 is 1.71 bits per heavy atom. The molecule has 0 radical (unpaired) electrons. The second-order valence-electron chi connectivity index (χ2n) is 6.37. The van der Waals surface area contributed by atoms with E-state index in [1.807, 2.05) is 30.3 Å². The molecule has 4 rings (SSSR count). The minimum Gasteiger partial charge on any atom is -0.439 e. The predicted octanol–water partition coefficient (Wildman–Crippen LogP) is 2.60. The van der Waals surface area contributed by atoms with E-state index in [1.54, 1.807) is 17.0 Å². The van der Waals surface area contributed by atoms with Crippen molar-refractivity contribution < 1.29 is 18.3 Å². The summed E-state index contributed by atoms with van der Waals surface area (Å²) in [6.45, 7) is 2.33. The lowest BCUT2D eigenvalue weighted by Gasteiger charge is -2.36. The van der Waals surface area contributed by atoms with Crippen LogP contribution in [0.2, 0.25) is 0 Å². The Bertz CT molecular complexity index is 922. The van der Waals surface area contributed by atoms with Gasteiger partial charge in [0.15, 0.2) is 6.61 Å². The Labute approximate surface area is 161 Å². The standard InChI is InChI=1S/C20H19FN4O3/c21-16-6-8-17(9-7-16)24-10-12-25(13-11-24)18(26)14-27-20-23-22-19(28-20)15-4-2-1-3-5-15/h1-9H,10-14H2. The van der Waals surface area contributed by atoms with Gasteiger partial charge in [0.25, 0.3) is 11.8 Å². The number of aromatic nitrogens is 2. The zero-order valence-corrected chi connectivity index (χ0v) is 15.1. The van der Waals surface area contributed by atoms with E-state index >= 15 is 0 Å². The fourth-order valence-corrected chi connectivity index (χ4v) is 3.05. The Morgan fingerprint density at radius 3 is 2.43 bits per heavy atom. The van der Waals surface area contributed by atoms with Crippen LogP contribution in [-0.4, -0.2) is 53.8 Å². The van der Waals surface area contributed by atoms with E-state index in [4.69, 9.17) is 9.15 Å². The lowest BCUT2D eigenvalue weighted by atomic mass is 10.2. The largest absolute Gasteiger partial charge is 0.439 e. The number of nitrogens with zero attached hydrogens (tertiary/aromatic N) is 4. The number of piperazine rings is 1. The third-order valence-corrected chi connectivity index (χ3v) is 4.57. The highest BCUT2D eigenvalue weighted by atomic mass is 19.1. The number of hydrogen-bond acceptors (Lipinski definition) is 6. The number of hydrogen-bond donors (Lipinski definition) is 0. The van der Waals surface area contributed by atoms with Crippen LogP contribution >= 0.6 is 0 Å².